The molecule has 0 saturated carbocycles. The zero-order valence-electron chi connectivity index (χ0n) is 16.0. The van der Waals surface area contributed by atoms with Crippen molar-refractivity contribution in [3.8, 4) is 5.75 Å². The largest absolute Gasteiger partial charge is 0.493 e. The Balaban J connectivity index is 1.59. The van der Waals surface area contributed by atoms with Crippen molar-refractivity contribution in [1.82, 2.24) is 5.32 Å². The van der Waals surface area contributed by atoms with Crippen LogP contribution >= 0.6 is 0 Å². The number of hydrogen-bond acceptors (Lipinski definition) is 3. The van der Waals surface area contributed by atoms with E-state index in [2.05, 4.69) is 5.32 Å². The first-order valence-electron chi connectivity index (χ1n) is 9.32. The molecule has 0 aliphatic rings. The summed E-state index contributed by atoms with van der Waals surface area (Å²) in [6.45, 7) is 3.07. The summed E-state index contributed by atoms with van der Waals surface area (Å²) in [5.74, 6) is 0.876. The second kappa shape index (κ2) is 9.46. The van der Waals surface area contributed by atoms with Crippen LogP contribution in [0.2, 0.25) is 0 Å². The molecule has 5 nitrogen and oxygen atoms in total. The number of nitrogens with zero attached hydrogens (tertiary/aromatic N) is 1. The number of hydrogen-bond donors (Lipinski definition) is 2. The molecule has 0 aliphatic heterocycles. The summed E-state index contributed by atoms with van der Waals surface area (Å²) in [7, 11) is 0. The van der Waals surface area contributed by atoms with E-state index in [9.17, 15) is 4.79 Å². The first kappa shape index (κ1) is 19.3. The Hall–Kier alpha value is -3.47. The van der Waals surface area contributed by atoms with Crippen molar-refractivity contribution < 1.29 is 9.53 Å². The SMILES string of the molecule is Cc1ccccc1OCCCNC(=O)N(c1ccccc1)c1ccc(N)cc1. The van der Waals surface area contributed by atoms with Gasteiger partial charge in [0.05, 0.1) is 18.0 Å². The topological polar surface area (TPSA) is 67.6 Å². The fraction of sp³-hybridized carbons (Fsp3) is 0.174. The molecule has 3 aromatic rings. The summed E-state index contributed by atoms with van der Waals surface area (Å²) in [5, 5.41) is 2.97. The van der Waals surface area contributed by atoms with E-state index in [0.717, 1.165) is 22.7 Å². The molecule has 0 heterocycles. The Morgan fingerprint density at radius 1 is 0.929 bits per heavy atom. The van der Waals surface area contributed by atoms with Gasteiger partial charge < -0.3 is 15.8 Å². The van der Waals surface area contributed by atoms with E-state index in [-0.39, 0.29) is 6.03 Å². The van der Waals surface area contributed by atoms with Crippen LogP contribution in [0.4, 0.5) is 21.9 Å². The average molecular weight is 375 g/mol. The van der Waals surface area contributed by atoms with Gasteiger partial charge in [0.25, 0.3) is 0 Å². The van der Waals surface area contributed by atoms with Gasteiger partial charge in [-0.15, -0.1) is 0 Å². The second-order valence-corrected chi connectivity index (χ2v) is 6.46. The smallest absolute Gasteiger partial charge is 0.326 e. The van der Waals surface area contributed by atoms with Crippen molar-refractivity contribution in [2.24, 2.45) is 0 Å². The molecule has 0 aliphatic carbocycles. The van der Waals surface area contributed by atoms with Crippen LogP contribution in [0.1, 0.15) is 12.0 Å². The summed E-state index contributed by atoms with van der Waals surface area (Å²) < 4.78 is 5.78. The monoisotopic (exact) mass is 375 g/mol. The maximum atomic E-state index is 12.9. The van der Waals surface area contributed by atoms with Crippen LogP contribution in [0.3, 0.4) is 0 Å². The molecular formula is C23H25N3O2. The third kappa shape index (κ3) is 5.04. The zero-order chi connectivity index (χ0) is 19.8. The number of para-hydroxylation sites is 2. The van der Waals surface area contributed by atoms with Gasteiger partial charge in [-0.05, 0) is 61.4 Å². The highest BCUT2D eigenvalue weighted by Crippen LogP contribution is 2.26. The molecular weight excluding hydrogens is 350 g/mol. The van der Waals surface area contributed by atoms with Crippen LogP contribution < -0.4 is 20.7 Å². The minimum atomic E-state index is -0.188. The quantitative estimate of drug-likeness (QED) is 0.456. The highest BCUT2D eigenvalue weighted by Gasteiger charge is 2.17. The van der Waals surface area contributed by atoms with Crippen molar-refractivity contribution in [2.45, 2.75) is 13.3 Å². The predicted octanol–water partition coefficient (Wildman–Crippen LogP) is 4.89. The van der Waals surface area contributed by atoms with Crippen molar-refractivity contribution in [3.05, 3.63) is 84.4 Å². The maximum Gasteiger partial charge on any atom is 0.326 e. The van der Waals surface area contributed by atoms with Gasteiger partial charge in [-0.1, -0.05) is 36.4 Å². The number of rotatable bonds is 7. The Morgan fingerprint density at radius 3 is 2.29 bits per heavy atom. The molecule has 0 saturated heterocycles. The van der Waals surface area contributed by atoms with Gasteiger partial charge in [-0.25, -0.2) is 4.79 Å². The molecule has 5 heteroatoms. The van der Waals surface area contributed by atoms with Crippen LogP contribution in [-0.2, 0) is 0 Å². The van der Waals surface area contributed by atoms with E-state index < -0.39 is 0 Å². The highest BCUT2D eigenvalue weighted by atomic mass is 16.5. The van der Waals surface area contributed by atoms with Crippen LogP contribution in [0.25, 0.3) is 0 Å². The van der Waals surface area contributed by atoms with E-state index in [4.69, 9.17) is 10.5 Å². The number of anilines is 3. The normalized spacial score (nSPS) is 10.3. The van der Waals surface area contributed by atoms with Crippen LogP contribution in [0.5, 0.6) is 5.75 Å². The number of urea groups is 1. The van der Waals surface area contributed by atoms with E-state index in [0.29, 0.717) is 25.3 Å². The van der Waals surface area contributed by atoms with Crippen molar-refractivity contribution in [2.75, 3.05) is 23.8 Å². The third-order valence-electron chi connectivity index (χ3n) is 4.32. The van der Waals surface area contributed by atoms with Gasteiger partial charge in [-0.2, -0.15) is 0 Å². The summed E-state index contributed by atoms with van der Waals surface area (Å²) in [6, 6.07) is 24.5. The summed E-state index contributed by atoms with van der Waals surface area (Å²) in [4.78, 5) is 14.5. The standard InChI is InChI=1S/C23H25N3O2/c1-18-8-5-6-11-22(18)28-17-7-16-25-23(27)26(20-9-3-2-4-10-20)21-14-12-19(24)13-15-21/h2-6,8-15H,7,16-17,24H2,1H3,(H,25,27). The van der Waals surface area contributed by atoms with Gasteiger partial charge in [0.15, 0.2) is 0 Å². The summed E-state index contributed by atoms with van der Waals surface area (Å²) in [6.07, 6.45) is 0.713. The second-order valence-electron chi connectivity index (χ2n) is 6.46. The molecule has 0 radical (unpaired) electrons. The number of nitrogen functional groups attached to an aromatic ring is 1. The molecule has 3 rings (SSSR count). The lowest BCUT2D eigenvalue weighted by atomic mass is 10.2. The molecule has 0 atom stereocenters. The Kier molecular flexibility index (Phi) is 6.52. The third-order valence-corrected chi connectivity index (χ3v) is 4.32. The molecule has 2 amide bonds. The minimum absolute atomic E-state index is 0.188. The molecule has 0 bridgehead atoms. The number of aryl methyl sites for hydroxylation is 1. The van der Waals surface area contributed by atoms with Gasteiger partial charge in [0.1, 0.15) is 5.75 Å². The summed E-state index contributed by atoms with van der Waals surface area (Å²) in [5.41, 5.74) is 9.09. The van der Waals surface area contributed by atoms with Gasteiger partial charge >= 0.3 is 6.03 Å². The van der Waals surface area contributed by atoms with Crippen molar-refractivity contribution >= 4 is 23.1 Å². The fourth-order valence-corrected chi connectivity index (χ4v) is 2.83. The number of nitrogens with one attached hydrogen (secondary N) is 1. The highest BCUT2D eigenvalue weighted by molar-refractivity contribution is 5.99. The zero-order valence-corrected chi connectivity index (χ0v) is 16.0. The molecule has 28 heavy (non-hydrogen) atoms. The van der Waals surface area contributed by atoms with E-state index in [1.807, 2.05) is 73.7 Å². The van der Waals surface area contributed by atoms with Crippen molar-refractivity contribution in [1.29, 1.82) is 0 Å². The molecule has 3 N–H and O–H groups in total. The van der Waals surface area contributed by atoms with Crippen molar-refractivity contribution in [3.63, 3.8) is 0 Å². The minimum Gasteiger partial charge on any atom is -0.493 e. The number of amides is 2. The Labute approximate surface area is 165 Å². The lowest BCUT2D eigenvalue weighted by molar-refractivity contribution is 0.246. The van der Waals surface area contributed by atoms with Crippen LogP contribution in [0, 0.1) is 6.92 Å². The number of ether oxygens (including phenoxy) is 1. The predicted molar refractivity (Wildman–Crippen MR) is 114 cm³/mol. The number of carbonyl (C=O) groups is 1. The van der Waals surface area contributed by atoms with E-state index in [1.165, 1.54) is 0 Å². The average Bonchev–Trinajstić information content (AvgIpc) is 2.71. The number of carbonyl (C=O) groups excluding carboxylic acids is 1. The first-order chi connectivity index (χ1) is 13.6. The number of benzene rings is 3. The van der Waals surface area contributed by atoms with Crippen LogP contribution in [0.15, 0.2) is 78.9 Å². The molecule has 0 spiro atoms. The van der Waals surface area contributed by atoms with Gasteiger partial charge in [-0.3, -0.25) is 4.90 Å². The molecule has 144 valence electrons. The summed E-state index contributed by atoms with van der Waals surface area (Å²) >= 11 is 0. The van der Waals surface area contributed by atoms with Crippen LogP contribution in [-0.4, -0.2) is 19.2 Å². The Bertz CT molecular complexity index is 895. The lowest BCUT2D eigenvalue weighted by Gasteiger charge is -2.23. The molecule has 0 aromatic heterocycles. The molecule has 0 fully saturated rings. The Morgan fingerprint density at radius 2 is 1.57 bits per heavy atom. The first-order valence-corrected chi connectivity index (χ1v) is 9.32. The van der Waals surface area contributed by atoms with E-state index in [1.54, 1.807) is 17.0 Å². The molecule has 0 unspecified atom stereocenters. The molecule has 3 aromatic carbocycles. The lowest BCUT2D eigenvalue weighted by Crippen LogP contribution is -2.37. The van der Waals surface area contributed by atoms with E-state index >= 15 is 0 Å². The fourth-order valence-electron chi connectivity index (χ4n) is 2.83. The number of nitrogens with two attached hydrogens (primary N) is 1. The maximum absolute atomic E-state index is 12.9. The van der Waals surface area contributed by atoms with Gasteiger partial charge in [0, 0.05) is 12.2 Å². The van der Waals surface area contributed by atoms with Gasteiger partial charge in [0.2, 0.25) is 0 Å².